The second-order valence-electron chi connectivity index (χ2n) is 8.70. The Bertz CT molecular complexity index is 940. The largest absolute Gasteiger partial charge is 0.497 e. The number of rotatable bonds is 9. The molecule has 32 heavy (non-hydrogen) atoms. The molecule has 0 aliphatic heterocycles. The van der Waals surface area contributed by atoms with Crippen molar-refractivity contribution >= 4 is 27.7 Å². The fourth-order valence-corrected chi connectivity index (χ4v) is 3.67. The van der Waals surface area contributed by atoms with Crippen LogP contribution in [0.15, 0.2) is 46.9 Å². The summed E-state index contributed by atoms with van der Waals surface area (Å²) in [6.07, 6.45) is 0.909. The summed E-state index contributed by atoms with van der Waals surface area (Å²) in [5.74, 6) is 0.777. The number of ether oxygens (including phenoxy) is 2. The van der Waals surface area contributed by atoms with E-state index < -0.39 is 11.6 Å². The number of hydrogen-bond acceptors (Lipinski definition) is 4. The minimum Gasteiger partial charge on any atom is -0.497 e. The lowest BCUT2D eigenvalue weighted by molar-refractivity contribution is -0.142. The maximum atomic E-state index is 13.2. The maximum absolute atomic E-state index is 13.2. The third-order valence-electron chi connectivity index (χ3n) is 4.91. The lowest BCUT2D eigenvalue weighted by Gasteiger charge is -2.31. The highest BCUT2D eigenvalue weighted by atomic mass is 79.9. The molecule has 0 saturated carbocycles. The van der Waals surface area contributed by atoms with E-state index in [0.29, 0.717) is 11.5 Å². The normalized spacial score (nSPS) is 12.1. The Morgan fingerprint density at radius 1 is 1.12 bits per heavy atom. The van der Waals surface area contributed by atoms with Crippen molar-refractivity contribution in [2.75, 3.05) is 13.7 Å². The number of benzene rings is 2. The highest BCUT2D eigenvalue weighted by Gasteiger charge is 2.29. The van der Waals surface area contributed by atoms with Crippen LogP contribution in [0.5, 0.6) is 11.5 Å². The second-order valence-corrected chi connectivity index (χ2v) is 9.55. The monoisotopic (exact) mass is 504 g/mol. The predicted molar refractivity (Wildman–Crippen MR) is 130 cm³/mol. The zero-order valence-corrected chi connectivity index (χ0v) is 21.3. The smallest absolute Gasteiger partial charge is 0.261 e. The van der Waals surface area contributed by atoms with E-state index in [2.05, 4.69) is 28.2 Å². The molecule has 2 amide bonds. The summed E-state index contributed by atoms with van der Waals surface area (Å²) in [6, 6.07) is 12.6. The van der Waals surface area contributed by atoms with Gasteiger partial charge >= 0.3 is 0 Å². The molecule has 0 bridgehead atoms. The van der Waals surface area contributed by atoms with Crippen molar-refractivity contribution in [2.45, 2.75) is 59.2 Å². The first-order chi connectivity index (χ1) is 15.0. The molecule has 1 atom stereocenters. The van der Waals surface area contributed by atoms with Gasteiger partial charge in [0.2, 0.25) is 5.91 Å². The van der Waals surface area contributed by atoms with Crippen molar-refractivity contribution in [3.05, 3.63) is 58.1 Å². The quantitative estimate of drug-likeness (QED) is 0.535. The summed E-state index contributed by atoms with van der Waals surface area (Å²) in [6.45, 7) is 9.61. The van der Waals surface area contributed by atoms with E-state index in [1.807, 2.05) is 63.2 Å². The Morgan fingerprint density at radius 2 is 1.84 bits per heavy atom. The second kappa shape index (κ2) is 11.4. The van der Waals surface area contributed by atoms with E-state index in [1.54, 1.807) is 14.0 Å². The van der Waals surface area contributed by atoms with Crippen LogP contribution >= 0.6 is 15.9 Å². The lowest BCUT2D eigenvalue weighted by atomic mass is 10.1. The van der Waals surface area contributed by atoms with Gasteiger partial charge < -0.3 is 19.7 Å². The summed E-state index contributed by atoms with van der Waals surface area (Å²) in [4.78, 5) is 27.6. The molecule has 1 unspecified atom stereocenters. The third kappa shape index (κ3) is 7.55. The molecule has 7 heteroatoms. The molecule has 2 rings (SSSR count). The predicted octanol–water partition coefficient (Wildman–Crippen LogP) is 4.73. The molecule has 0 radical (unpaired) electrons. The van der Waals surface area contributed by atoms with E-state index in [0.717, 1.165) is 16.5 Å². The van der Waals surface area contributed by atoms with Crippen molar-refractivity contribution in [2.24, 2.45) is 0 Å². The summed E-state index contributed by atoms with van der Waals surface area (Å²) in [7, 11) is 1.59. The molecule has 0 aromatic heterocycles. The number of amides is 2. The molecule has 1 N–H and O–H groups in total. The number of carbonyl (C=O) groups excluding carboxylic acids is 2. The van der Waals surface area contributed by atoms with Crippen molar-refractivity contribution < 1.29 is 19.1 Å². The van der Waals surface area contributed by atoms with Crippen molar-refractivity contribution in [3.8, 4) is 11.5 Å². The Hall–Kier alpha value is -2.54. The molecule has 6 nitrogen and oxygen atoms in total. The molecule has 0 heterocycles. The average Bonchev–Trinajstić information content (AvgIpc) is 2.74. The van der Waals surface area contributed by atoms with E-state index in [1.165, 1.54) is 10.5 Å². The number of nitrogens with zero attached hydrogens (tertiary/aromatic N) is 1. The Balaban J connectivity index is 2.21. The standard InChI is InChI=1S/C25H33BrN2O4/c1-7-18-11-12-22(21(26)14-18)32-16-23(29)28(17(2)24(30)27-25(3,4)5)15-19-9-8-10-20(13-19)31-6/h8-14,17H,7,15-16H2,1-6H3,(H,27,30). The number of nitrogens with one attached hydrogen (secondary N) is 1. The number of aryl methyl sites for hydroxylation is 1. The first kappa shape index (κ1) is 25.7. The van der Waals surface area contributed by atoms with Gasteiger partial charge in [0.15, 0.2) is 6.61 Å². The van der Waals surface area contributed by atoms with Crippen molar-refractivity contribution in [1.29, 1.82) is 0 Å². The Kier molecular flexibility index (Phi) is 9.13. The van der Waals surface area contributed by atoms with Gasteiger partial charge in [0.1, 0.15) is 17.5 Å². The van der Waals surface area contributed by atoms with Crippen LogP contribution in [-0.2, 0) is 22.6 Å². The zero-order chi connectivity index (χ0) is 23.9. The first-order valence-electron chi connectivity index (χ1n) is 10.7. The van der Waals surface area contributed by atoms with Crippen LogP contribution in [0.25, 0.3) is 0 Å². The molecule has 0 saturated heterocycles. The van der Waals surface area contributed by atoms with Gasteiger partial charge in [-0.25, -0.2) is 0 Å². The minimum absolute atomic E-state index is 0.179. The average molecular weight is 505 g/mol. The molecular weight excluding hydrogens is 472 g/mol. The van der Waals surface area contributed by atoms with Gasteiger partial charge in [-0.2, -0.15) is 0 Å². The summed E-state index contributed by atoms with van der Waals surface area (Å²) in [5.41, 5.74) is 1.63. The Labute approximate surface area is 199 Å². The van der Waals surface area contributed by atoms with Crippen LogP contribution in [-0.4, -0.2) is 42.0 Å². The topological polar surface area (TPSA) is 67.9 Å². The van der Waals surface area contributed by atoms with Crippen LogP contribution in [0, 0.1) is 0 Å². The summed E-state index contributed by atoms with van der Waals surface area (Å²) >= 11 is 3.50. The van der Waals surface area contributed by atoms with Crippen LogP contribution in [0.1, 0.15) is 45.7 Å². The lowest BCUT2D eigenvalue weighted by Crippen LogP contribution is -2.53. The highest BCUT2D eigenvalue weighted by molar-refractivity contribution is 9.10. The van der Waals surface area contributed by atoms with Crippen molar-refractivity contribution in [1.82, 2.24) is 10.2 Å². The van der Waals surface area contributed by atoms with Gasteiger partial charge in [-0.1, -0.05) is 25.1 Å². The van der Waals surface area contributed by atoms with Crippen LogP contribution < -0.4 is 14.8 Å². The fourth-order valence-electron chi connectivity index (χ4n) is 3.13. The first-order valence-corrected chi connectivity index (χ1v) is 11.5. The van der Waals surface area contributed by atoms with Crippen LogP contribution in [0.3, 0.4) is 0 Å². The minimum atomic E-state index is -0.678. The number of halogens is 1. The van der Waals surface area contributed by atoms with Crippen LogP contribution in [0.2, 0.25) is 0 Å². The highest BCUT2D eigenvalue weighted by Crippen LogP contribution is 2.26. The molecule has 0 fully saturated rings. The van der Waals surface area contributed by atoms with E-state index >= 15 is 0 Å². The van der Waals surface area contributed by atoms with E-state index in [4.69, 9.17) is 9.47 Å². The van der Waals surface area contributed by atoms with Gasteiger partial charge in [-0.3, -0.25) is 9.59 Å². The molecule has 2 aromatic carbocycles. The van der Waals surface area contributed by atoms with Gasteiger partial charge in [0.05, 0.1) is 11.6 Å². The summed E-state index contributed by atoms with van der Waals surface area (Å²) in [5, 5.41) is 2.95. The number of hydrogen-bond donors (Lipinski definition) is 1. The summed E-state index contributed by atoms with van der Waals surface area (Å²) < 4.78 is 11.9. The van der Waals surface area contributed by atoms with E-state index in [9.17, 15) is 9.59 Å². The molecule has 0 spiro atoms. The number of carbonyl (C=O) groups is 2. The van der Waals surface area contributed by atoms with Gasteiger partial charge in [0, 0.05) is 12.1 Å². The van der Waals surface area contributed by atoms with Gasteiger partial charge in [0.25, 0.3) is 5.91 Å². The molecule has 0 aliphatic carbocycles. The molecule has 0 aliphatic rings. The number of methoxy groups -OCH3 is 1. The maximum Gasteiger partial charge on any atom is 0.261 e. The van der Waals surface area contributed by atoms with Crippen molar-refractivity contribution in [3.63, 3.8) is 0 Å². The Morgan fingerprint density at radius 3 is 2.44 bits per heavy atom. The molecule has 174 valence electrons. The zero-order valence-electron chi connectivity index (χ0n) is 19.7. The van der Waals surface area contributed by atoms with Gasteiger partial charge in [-0.05, 0) is 85.4 Å². The molecule has 2 aromatic rings. The third-order valence-corrected chi connectivity index (χ3v) is 5.53. The van der Waals surface area contributed by atoms with Crippen LogP contribution in [0.4, 0.5) is 0 Å². The SMILES string of the molecule is CCc1ccc(OCC(=O)N(Cc2cccc(OC)c2)C(C)C(=O)NC(C)(C)C)c(Br)c1. The molecular formula is C25H33BrN2O4. The van der Waals surface area contributed by atoms with E-state index in [-0.39, 0.29) is 25.0 Å². The fraction of sp³-hybridized carbons (Fsp3) is 0.440. The van der Waals surface area contributed by atoms with Gasteiger partial charge in [-0.15, -0.1) is 0 Å².